The van der Waals surface area contributed by atoms with Crippen LogP contribution in [0.25, 0.3) is 0 Å². The fourth-order valence-electron chi connectivity index (χ4n) is 4.70. The molecule has 2 aliphatic heterocycles. The van der Waals surface area contributed by atoms with Crippen molar-refractivity contribution >= 4 is 17.7 Å². The quantitative estimate of drug-likeness (QED) is 0.494. The molecule has 2 aliphatic rings. The number of likely N-dealkylation sites (tertiary alicyclic amines) is 1. The van der Waals surface area contributed by atoms with Gasteiger partial charge >= 0.3 is 0 Å². The lowest BCUT2D eigenvalue weighted by molar-refractivity contribution is -0.134. The molecule has 1 saturated heterocycles. The van der Waals surface area contributed by atoms with E-state index in [4.69, 9.17) is 14.2 Å². The van der Waals surface area contributed by atoms with E-state index in [2.05, 4.69) is 20.8 Å². The largest absolute Gasteiger partial charge is 0.493 e. The van der Waals surface area contributed by atoms with Gasteiger partial charge in [-0.25, -0.2) is 4.39 Å². The molecule has 2 N–H and O–H groups in total. The van der Waals surface area contributed by atoms with Gasteiger partial charge in [0.05, 0.1) is 13.2 Å². The number of carbonyl (C=O) groups excluding carboxylic acids is 3. The van der Waals surface area contributed by atoms with Crippen LogP contribution in [0.5, 0.6) is 17.2 Å². The smallest absolute Gasteiger partial charge is 0.258 e. The lowest BCUT2D eigenvalue weighted by Crippen LogP contribution is -2.58. The molecule has 4 bridgehead atoms. The van der Waals surface area contributed by atoms with E-state index in [0.29, 0.717) is 30.8 Å². The molecule has 1 aromatic heterocycles. The van der Waals surface area contributed by atoms with E-state index in [0.717, 1.165) is 0 Å². The average molecular weight is 553 g/mol. The molecule has 3 amide bonds. The summed E-state index contributed by atoms with van der Waals surface area (Å²) in [5.74, 6) is -0.649. The Morgan fingerprint density at radius 1 is 1.18 bits per heavy atom. The molecular formula is C27H29FN6O6. The Kier molecular flexibility index (Phi) is 8.08. The zero-order chi connectivity index (χ0) is 28.1. The third-order valence-corrected chi connectivity index (χ3v) is 6.76. The van der Waals surface area contributed by atoms with Gasteiger partial charge in [-0.3, -0.25) is 14.4 Å². The lowest BCUT2D eigenvalue weighted by atomic mass is 10.0. The zero-order valence-corrected chi connectivity index (χ0v) is 21.8. The van der Waals surface area contributed by atoms with Crippen molar-refractivity contribution in [3.63, 3.8) is 0 Å². The van der Waals surface area contributed by atoms with Gasteiger partial charge in [0, 0.05) is 50.7 Å². The van der Waals surface area contributed by atoms with E-state index in [1.54, 1.807) is 40.3 Å². The molecule has 2 atom stereocenters. The van der Waals surface area contributed by atoms with Gasteiger partial charge in [0.2, 0.25) is 5.91 Å². The summed E-state index contributed by atoms with van der Waals surface area (Å²) in [6.07, 6.45) is 3.18. The second-order valence-corrected chi connectivity index (χ2v) is 9.54. The SMILES string of the molecule is COc1ccc2cc1OCC(=O)NCc1cc(F)cc(c1)O[C@@H]1CCN(C(=O)CCn3cnnc3)C[C@@H]1NC2=O. The topological polar surface area (TPSA) is 137 Å². The second kappa shape index (κ2) is 12.0. The Labute approximate surface area is 229 Å². The van der Waals surface area contributed by atoms with Crippen LogP contribution in [0.2, 0.25) is 0 Å². The number of rotatable bonds is 4. The highest BCUT2D eigenvalue weighted by Crippen LogP contribution is 2.29. The van der Waals surface area contributed by atoms with Crippen molar-refractivity contribution in [3.05, 3.63) is 66.0 Å². The number of amides is 3. The van der Waals surface area contributed by atoms with Crippen molar-refractivity contribution in [2.45, 2.75) is 38.1 Å². The first-order valence-electron chi connectivity index (χ1n) is 12.8. The maximum absolute atomic E-state index is 14.4. The Balaban J connectivity index is 1.41. The number of nitrogens with one attached hydrogen (secondary N) is 2. The highest BCUT2D eigenvalue weighted by Gasteiger charge is 2.34. The Morgan fingerprint density at radius 3 is 2.80 bits per heavy atom. The number of aromatic nitrogens is 3. The standard InChI is InChI=1S/C27H29FN6O6/c1-38-23-3-2-18-10-24(23)39-14-25(35)29-12-17-8-19(28)11-20(9-17)40-22-4-7-34(13-21(22)32-27(18)37)26(36)5-6-33-15-30-31-16-33/h2-3,8-11,15-16,21-22H,4-7,12-14H2,1H3,(H,29,35)(H,32,37)/t21-,22+/m0/s1. The summed E-state index contributed by atoms with van der Waals surface area (Å²) >= 11 is 0. The maximum atomic E-state index is 14.4. The molecule has 0 radical (unpaired) electrons. The number of ether oxygens (including phenoxy) is 3. The van der Waals surface area contributed by atoms with E-state index in [1.165, 1.54) is 25.3 Å². The summed E-state index contributed by atoms with van der Waals surface area (Å²) in [4.78, 5) is 40.4. The number of hydrogen-bond donors (Lipinski definition) is 2. The molecule has 210 valence electrons. The minimum absolute atomic E-state index is 0.0625. The predicted octanol–water partition coefficient (Wildman–Crippen LogP) is 1.30. The number of methoxy groups -OCH3 is 1. The summed E-state index contributed by atoms with van der Waals surface area (Å²) in [5.41, 5.74) is 0.767. The van der Waals surface area contributed by atoms with E-state index in [1.807, 2.05) is 0 Å². The molecule has 3 heterocycles. The van der Waals surface area contributed by atoms with Crippen LogP contribution in [0.1, 0.15) is 28.8 Å². The highest BCUT2D eigenvalue weighted by molar-refractivity contribution is 5.95. The number of carbonyl (C=O) groups is 3. The van der Waals surface area contributed by atoms with Gasteiger partial charge < -0.3 is 34.3 Å². The van der Waals surface area contributed by atoms with Crippen LogP contribution in [0.15, 0.2) is 49.1 Å². The van der Waals surface area contributed by atoms with Crippen molar-refractivity contribution < 1.29 is 33.0 Å². The van der Waals surface area contributed by atoms with E-state index in [9.17, 15) is 18.8 Å². The molecule has 12 nitrogen and oxygen atoms in total. The van der Waals surface area contributed by atoms with Crippen LogP contribution < -0.4 is 24.8 Å². The number of piperidine rings is 1. The van der Waals surface area contributed by atoms with Crippen molar-refractivity contribution in [2.75, 3.05) is 26.8 Å². The first kappa shape index (κ1) is 26.9. The van der Waals surface area contributed by atoms with Crippen molar-refractivity contribution in [1.29, 1.82) is 0 Å². The first-order valence-corrected chi connectivity index (χ1v) is 12.8. The third kappa shape index (κ3) is 6.47. The molecule has 13 heteroatoms. The number of halogens is 1. The fourth-order valence-corrected chi connectivity index (χ4v) is 4.70. The molecule has 0 saturated carbocycles. The molecule has 5 rings (SSSR count). The van der Waals surface area contributed by atoms with Crippen molar-refractivity contribution in [2.24, 2.45) is 0 Å². The molecule has 0 aliphatic carbocycles. The van der Waals surface area contributed by atoms with Gasteiger partial charge in [-0.1, -0.05) is 0 Å². The van der Waals surface area contributed by atoms with Crippen LogP contribution in [0.4, 0.5) is 4.39 Å². The first-order chi connectivity index (χ1) is 19.4. The molecule has 2 aromatic carbocycles. The summed E-state index contributed by atoms with van der Waals surface area (Å²) < 4.78 is 33.3. The van der Waals surface area contributed by atoms with Gasteiger partial charge in [0.25, 0.3) is 11.8 Å². The Morgan fingerprint density at radius 2 is 2.00 bits per heavy atom. The highest BCUT2D eigenvalue weighted by atomic mass is 19.1. The fraction of sp³-hybridized carbons (Fsp3) is 0.370. The monoisotopic (exact) mass is 552 g/mol. The Bertz CT molecular complexity index is 1380. The van der Waals surface area contributed by atoms with Crippen LogP contribution in [0.3, 0.4) is 0 Å². The van der Waals surface area contributed by atoms with Gasteiger partial charge in [0.1, 0.15) is 30.3 Å². The van der Waals surface area contributed by atoms with Crippen LogP contribution in [-0.2, 0) is 22.7 Å². The average Bonchev–Trinajstić information content (AvgIpc) is 3.47. The lowest BCUT2D eigenvalue weighted by Gasteiger charge is -2.39. The van der Waals surface area contributed by atoms with E-state index >= 15 is 0 Å². The summed E-state index contributed by atoms with van der Waals surface area (Å²) in [5, 5.41) is 13.2. The molecular weight excluding hydrogens is 523 g/mol. The van der Waals surface area contributed by atoms with Crippen LogP contribution in [-0.4, -0.2) is 76.3 Å². The van der Waals surface area contributed by atoms with Gasteiger partial charge in [-0.15, -0.1) is 10.2 Å². The molecule has 1 fully saturated rings. The van der Waals surface area contributed by atoms with Gasteiger partial charge in [0.15, 0.2) is 18.1 Å². The van der Waals surface area contributed by atoms with E-state index in [-0.39, 0.29) is 49.1 Å². The summed E-state index contributed by atoms with van der Waals surface area (Å²) in [6.45, 7) is 0.756. The summed E-state index contributed by atoms with van der Waals surface area (Å²) in [6, 6.07) is 8.25. The summed E-state index contributed by atoms with van der Waals surface area (Å²) in [7, 11) is 1.45. The van der Waals surface area contributed by atoms with Crippen molar-refractivity contribution in [3.8, 4) is 17.2 Å². The van der Waals surface area contributed by atoms with Crippen LogP contribution in [0, 0.1) is 5.82 Å². The number of hydrogen-bond acceptors (Lipinski definition) is 8. The van der Waals surface area contributed by atoms with Crippen molar-refractivity contribution in [1.82, 2.24) is 30.3 Å². The molecule has 40 heavy (non-hydrogen) atoms. The Hall–Kier alpha value is -4.68. The van der Waals surface area contributed by atoms with Gasteiger partial charge in [-0.2, -0.15) is 0 Å². The number of aryl methyl sites for hydroxylation is 1. The van der Waals surface area contributed by atoms with Crippen LogP contribution >= 0.6 is 0 Å². The normalized spacial score (nSPS) is 19.4. The minimum atomic E-state index is -0.592. The number of fused-ring (bicyclic) bond motifs is 5. The van der Waals surface area contributed by atoms with Gasteiger partial charge in [-0.05, 0) is 35.9 Å². The number of benzene rings is 2. The van der Waals surface area contributed by atoms with E-state index < -0.39 is 29.8 Å². The second-order valence-electron chi connectivity index (χ2n) is 9.54. The maximum Gasteiger partial charge on any atom is 0.258 e. The minimum Gasteiger partial charge on any atom is -0.493 e. The third-order valence-electron chi connectivity index (χ3n) is 6.76. The number of nitrogens with zero attached hydrogens (tertiary/aromatic N) is 4. The molecule has 0 unspecified atom stereocenters. The molecule has 3 aromatic rings. The predicted molar refractivity (Wildman–Crippen MR) is 138 cm³/mol. The zero-order valence-electron chi connectivity index (χ0n) is 21.8. The molecule has 0 spiro atoms.